The van der Waals surface area contributed by atoms with Crippen LogP contribution in [0.2, 0.25) is 0 Å². The van der Waals surface area contributed by atoms with Gasteiger partial charge in [-0.15, -0.1) is 0 Å². The van der Waals surface area contributed by atoms with Gasteiger partial charge in [0, 0.05) is 18.8 Å². The first-order valence-electron chi connectivity index (χ1n) is 5.98. The van der Waals surface area contributed by atoms with Gasteiger partial charge in [-0.05, 0) is 42.9 Å². The van der Waals surface area contributed by atoms with Gasteiger partial charge in [0.15, 0.2) is 0 Å². The molecular formula is C14H21N. The Morgan fingerprint density at radius 2 is 2.07 bits per heavy atom. The van der Waals surface area contributed by atoms with Crippen LogP contribution in [0.15, 0.2) is 18.2 Å². The predicted octanol–water partition coefficient (Wildman–Crippen LogP) is 3.27. The van der Waals surface area contributed by atoms with Crippen LogP contribution in [-0.2, 0) is 12.8 Å². The van der Waals surface area contributed by atoms with Crippen molar-refractivity contribution in [2.24, 2.45) is 5.92 Å². The highest BCUT2D eigenvalue weighted by Gasteiger charge is 2.25. The summed E-state index contributed by atoms with van der Waals surface area (Å²) in [7, 11) is 2.21. The van der Waals surface area contributed by atoms with Crippen LogP contribution in [0.1, 0.15) is 31.9 Å². The van der Waals surface area contributed by atoms with E-state index in [-0.39, 0.29) is 0 Å². The Morgan fingerprint density at radius 1 is 1.33 bits per heavy atom. The minimum atomic E-state index is 0.657. The summed E-state index contributed by atoms with van der Waals surface area (Å²) in [4.78, 5) is 2.42. The number of nitrogens with zero attached hydrogens (tertiary/aromatic N) is 1. The molecular weight excluding hydrogens is 182 g/mol. The third-order valence-corrected chi connectivity index (χ3v) is 3.91. The second-order valence-electron chi connectivity index (χ2n) is 4.85. The molecule has 1 aliphatic rings. The minimum absolute atomic E-state index is 0.657. The quantitative estimate of drug-likeness (QED) is 0.677. The van der Waals surface area contributed by atoms with E-state index < -0.39 is 0 Å². The number of anilines is 1. The lowest BCUT2D eigenvalue weighted by atomic mass is 9.87. The molecule has 0 fully saturated rings. The van der Waals surface area contributed by atoms with Crippen molar-refractivity contribution in [3.05, 3.63) is 29.3 Å². The molecule has 1 unspecified atom stereocenters. The van der Waals surface area contributed by atoms with E-state index >= 15 is 0 Å². The first-order chi connectivity index (χ1) is 7.13. The molecule has 0 bridgehead atoms. The molecule has 2 rings (SSSR count). The lowest BCUT2D eigenvalue weighted by molar-refractivity contribution is 0.443. The van der Waals surface area contributed by atoms with Crippen molar-refractivity contribution in [2.45, 2.75) is 39.7 Å². The smallest absolute Gasteiger partial charge is 0.0398 e. The average molecular weight is 203 g/mol. The number of rotatable bonds is 1. The Hall–Kier alpha value is -0.980. The lowest BCUT2D eigenvalue weighted by Crippen LogP contribution is -2.39. The van der Waals surface area contributed by atoms with Gasteiger partial charge in [0.25, 0.3) is 0 Å². The van der Waals surface area contributed by atoms with Crippen LogP contribution in [0.3, 0.4) is 0 Å². The van der Waals surface area contributed by atoms with E-state index in [0.717, 1.165) is 12.3 Å². The van der Waals surface area contributed by atoms with E-state index in [1.165, 1.54) is 23.2 Å². The molecule has 0 radical (unpaired) electrons. The highest BCUT2D eigenvalue weighted by atomic mass is 15.1. The molecule has 1 aliphatic heterocycles. The first-order valence-corrected chi connectivity index (χ1v) is 5.98. The number of hydrogen-bond acceptors (Lipinski definition) is 1. The van der Waals surface area contributed by atoms with Crippen molar-refractivity contribution in [3.63, 3.8) is 0 Å². The van der Waals surface area contributed by atoms with Crippen LogP contribution in [0.5, 0.6) is 0 Å². The van der Waals surface area contributed by atoms with E-state index in [0.29, 0.717) is 6.04 Å². The van der Waals surface area contributed by atoms with E-state index in [1.54, 1.807) is 0 Å². The summed E-state index contributed by atoms with van der Waals surface area (Å²) in [6, 6.07) is 7.59. The van der Waals surface area contributed by atoms with Gasteiger partial charge in [-0.1, -0.05) is 26.0 Å². The van der Waals surface area contributed by atoms with Crippen molar-refractivity contribution in [3.8, 4) is 0 Å². The summed E-state index contributed by atoms with van der Waals surface area (Å²) in [6.07, 6.45) is 2.37. The molecule has 1 aromatic carbocycles. The Balaban J connectivity index is 2.41. The van der Waals surface area contributed by atoms with Crippen molar-refractivity contribution in [1.82, 2.24) is 0 Å². The monoisotopic (exact) mass is 203 g/mol. The van der Waals surface area contributed by atoms with Crippen molar-refractivity contribution in [2.75, 3.05) is 11.9 Å². The number of hydrogen-bond donors (Lipinski definition) is 0. The summed E-state index contributed by atoms with van der Waals surface area (Å²) in [5.41, 5.74) is 4.42. The van der Waals surface area contributed by atoms with Gasteiger partial charge >= 0.3 is 0 Å². The van der Waals surface area contributed by atoms with Gasteiger partial charge in [-0.3, -0.25) is 0 Å². The van der Waals surface area contributed by atoms with Crippen LogP contribution >= 0.6 is 0 Å². The van der Waals surface area contributed by atoms with E-state index in [1.807, 2.05) is 0 Å². The van der Waals surface area contributed by atoms with E-state index in [2.05, 4.69) is 50.9 Å². The summed E-state index contributed by atoms with van der Waals surface area (Å²) in [5.74, 6) is 0.759. The molecule has 1 aromatic rings. The third kappa shape index (κ3) is 1.75. The first kappa shape index (κ1) is 10.5. The molecule has 2 atom stereocenters. The molecule has 0 amide bonds. The second kappa shape index (κ2) is 3.88. The fourth-order valence-corrected chi connectivity index (χ4v) is 2.48. The predicted molar refractivity (Wildman–Crippen MR) is 66.6 cm³/mol. The van der Waals surface area contributed by atoms with Crippen LogP contribution < -0.4 is 4.90 Å². The Labute approximate surface area is 93.1 Å². The summed E-state index contributed by atoms with van der Waals surface area (Å²) in [5, 5.41) is 0. The van der Waals surface area contributed by atoms with Gasteiger partial charge < -0.3 is 4.90 Å². The summed E-state index contributed by atoms with van der Waals surface area (Å²) in [6.45, 7) is 6.89. The molecule has 1 heterocycles. The molecule has 0 aromatic heterocycles. The maximum atomic E-state index is 2.42. The normalized spacial score (nSPS) is 25.2. The zero-order valence-electron chi connectivity index (χ0n) is 10.2. The standard InChI is InChI=1S/C14H21N/c1-5-12-6-7-14-13(9-12)8-10(2)11(3)15(14)4/h6-7,9-11H,5,8H2,1-4H3/t10?,11-/m0/s1. The fraction of sp³-hybridized carbons (Fsp3) is 0.571. The van der Waals surface area contributed by atoms with Gasteiger partial charge in [0.1, 0.15) is 0 Å². The van der Waals surface area contributed by atoms with Gasteiger partial charge in [-0.25, -0.2) is 0 Å². The van der Waals surface area contributed by atoms with Crippen molar-refractivity contribution in [1.29, 1.82) is 0 Å². The average Bonchev–Trinajstić information content (AvgIpc) is 2.25. The number of aryl methyl sites for hydroxylation is 1. The Morgan fingerprint density at radius 3 is 2.73 bits per heavy atom. The maximum absolute atomic E-state index is 2.42. The summed E-state index contributed by atoms with van der Waals surface area (Å²) < 4.78 is 0. The van der Waals surface area contributed by atoms with Gasteiger partial charge in [-0.2, -0.15) is 0 Å². The second-order valence-corrected chi connectivity index (χ2v) is 4.85. The number of fused-ring (bicyclic) bond motifs is 1. The zero-order valence-corrected chi connectivity index (χ0v) is 10.2. The molecule has 1 nitrogen and oxygen atoms in total. The van der Waals surface area contributed by atoms with Crippen LogP contribution in [0.25, 0.3) is 0 Å². The van der Waals surface area contributed by atoms with Crippen molar-refractivity contribution < 1.29 is 0 Å². The molecule has 0 saturated carbocycles. The maximum Gasteiger partial charge on any atom is 0.0398 e. The molecule has 15 heavy (non-hydrogen) atoms. The Bertz CT molecular complexity index is 356. The molecule has 0 spiro atoms. The minimum Gasteiger partial charge on any atom is -0.371 e. The van der Waals surface area contributed by atoms with Crippen LogP contribution in [0, 0.1) is 5.92 Å². The topological polar surface area (TPSA) is 3.24 Å². The largest absolute Gasteiger partial charge is 0.371 e. The lowest BCUT2D eigenvalue weighted by Gasteiger charge is -2.38. The van der Waals surface area contributed by atoms with Gasteiger partial charge in [0.05, 0.1) is 0 Å². The highest BCUT2D eigenvalue weighted by molar-refractivity contribution is 5.57. The van der Waals surface area contributed by atoms with Crippen molar-refractivity contribution >= 4 is 5.69 Å². The fourth-order valence-electron chi connectivity index (χ4n) is 2.48. The van der Waals surface area contributed by atoms with E-state index in [9.17, 15) is 0 Å². The third-order valence-electron chi connectivity index (χ3n) is 3.91. The molecule has 82 valence electrons. The molecule has 0 N–H and O–H groups in total. The molecule has 0 aliphatic carbocycles. The van der Waals surface area contributed by atoms with E-state index in [4.69, 9.17) is 0 Å². The SMILES string of the molecule is CCc1ccc2c(c1)CC(C)[C@H](C)N2C. The Kier molecular flexibility index (Phi) is 2.72. The van der Waals surface area contributed by atoms with Crippen LogP contribution in [-0.4, -0.2) is 13.1 Å². The van der Waals surface area contributed by atoms with Gasteiger partial charge in [0.2, 0.25) is 0 Å². The molecule has 0 saturated heterocycles. The molecule has 1 heteroatoms. The van der Waals surface area contributed by atoms with Crippen LogP contribution in [0.4, 0.5) is 5.69 Å². The zero-order chi connectivity index (χ0) is 11.0. The summed E-state index contributed by atoms with van der Waals surface area (Å²) >= 11 is 0. The number of benzene rings is 1. The highest BCUT2D eigenvalue weighted by Crippen LogP contribution is 2.33.